The van der Waals surface area contributed by atoms with E-state index >= 15 is 0 Å². The van der Waals surface area contributed by atoms with E-state index in [4.69, 9.17) is 9.47 Å². The van der Waals surface area contributed by atoms with Gasteiger partial charge in [0, 0.05) is 9.30 Å². The summed E-state index contributed by atoms with van der Waals surface area (Å²) in [6.07, 6.45) is 0.887. The summed E-state index contributed by atoms with van der Waals surface area (Å²) in [5.74, 6) is 1.52. The van der Waals surface area contributed by atoms with Crippen molar-refractivity contribution in [3.8, 4) is 11.5 Å². The number of benzene rings is 2. The number of halogens is 2. The lowest BCUT2D eigenvalue weighted by Crippen LogP contribution is -1.99. The summed E-state index contributed by atoms with van der Waals surface area (Å²) >= 11 is 7.33. The maximum absolute atomic E-state index is 5.36. The minimum absolute atomic E-state index is 0.258. The summed E-state index contributed by atoms with van der Waals surface area (Å²) in [5, 5.41) is 0. The van der Waals surface area contributed by atoms with Crippen molar-refractivity contribution in [3.05, 3.63) is 57.6 Å². The zero-order chi connectivity index (χ0) is 15.4. The van der Waals surface area contributed by atoms with Crippen molar-refractivity contribution < 1.29 is 9.47 Å². The average molecular weight is 414 g/mol. The highest BCUT2D eigenvalue weighted by Crippen LogP contribution is 2.34. The SMILES string of the molecule is COc1ccc(CC(Br)c2cc(Br)ccc2C)cc1OC. The molecule has 2 aromatic rings. The lowest BCUT2D eigenvalue weighted by Gasteiger charge is -2.15. The van der Waals surface area contributed by atoms with Crippen molar-refractivity contribution in [2.75, 3.05) is 14.2 Å². The molecular weight excluding hydrogens is 396 g/mol. The Kier molecular flexibility index (Phi) is 5.71. The third kappa shape index (κ3) is 4.01. The fraction of sp³-hybridized carbons (Fsp3) is 0.294. The molecule has 0 aliphatic rings. The fourth-order valence-corrected chi connectivity index (χ4v) is 3.52. The molecular formula is C17H18Br2O2. The van der Waals surface area contributed by atoms with Gasteiger partial charge in [-0.05, 0) is 54.3 Å². The lowest BCUT2D eigenvalue weighted by molar-refractivity contribution is 0.354. The second kappa shape index (κ2) is 7.32. The second-order valence-electron chi connectivity index (χ2n) is 4.86. The van der Waals surface area contributed by atoms with E-state index in [-0.39, 0.29) is 4.83 Å². The van der Waals surface area contributed by atoms with E-state index in [1.54, 1.807) is 14.2 Å². The summed E-state index contributed by atoms with van der Waals surface area (Å²) in [6.45, 7) is 2.13. The van der Waals surface area contributed by atoms with E-state index in [0.717, 1.165) is 22.4 Å². The highest BCUT2D eigenvalue weighted by atomic mass is 79.9. The highest BCUT2D eigenvalue weighted by Gasteiger charge is 2.13. The first-order valence-electron chi connectivity index (χ1n) is 6.66. The molecule has 112 valence electrons. The molecule has 0 fully saturated rings. The maximum atomic E-state index is 5.36. The molecule has 0 bridgehead atoms. The van der Waals surface area contributed by atoms with E-state index in [9.17, 15) is 0 Å². The molecule has 1 atom stereocenters. The molecule has 21 heavy (non-hydrogen) atoms. The second-order valence-corrected chi connectivity index (χ2v) is 6.88. The highest BCUT2D eigenvalue weighted by molar-refractivity contribution is 9.10. The Morgan fingerprint density at radius 2 is 1.71 bits per heavy atom. The summed E-state index contributed by atoms with van der Waals surface area (Å²) < 4.78 is 11.7. The molecule has 0 aliphatic heterocycles. The Labute approximate surface area is 142 Å². The third-order valence-corrected chi connectivity index (χ3v) is 4.75. The predicted molar refractivity (Wildman–Crippen MR) is 93.8 cm³/mol. The van der Waals surface area contributed by atoms with E-state index in [1.165, 1.54) is 16.7 Å². The van der Waals surface area contributed by atoms with Gasteiger partial charge < -0.3 is 9.47 Å². The number of aryl methyl sites for hydroxylation is 1. The molecule has 0 radical (unpaired) electrons. The largest absolute Gasteiger partial charge is 0.493 e. The van der Waals surface area contributed by atoms with Crippen LogP contribution in [0.4, 0.5) is 0 Å². The van der Waals surface area contributed by atoms with Crippen LogP contribution in [-0.2, 0) is 6.42 Å². The number of methoxy groups -OCH3 is 2. The molecule has 4 heteroatoms. The first kappa shape index (κ1) is 16.4. The summed E-state index contributed by atoms with van der Waals surface area (Å²) in [4.78, 5) is 0.258. The topological polar surface area (TPSA) is 18.5 Å². The van der Waals surface area contributed by atoms with Crippen LogP contribution in [0.5, 0.6) is 11.5 Å². The van der Waals surface area contributed by atoms with Crippen LogP contribution in [0.2, 0.25) is 0 Å². The number of hydrogen-bond donors (Lipinski definition) is 0. The van der Waals surface area contributed by atoms with E-state index in [2.05, 4.69) is 63.0 Å². The molecule has 0 amide bonds. The van der Waals surface area contributed by atoms with Crippen LogP contribution in [0, 0.1) is 6.92 Å². The van der Waals surface area contributed by atoms with Gasteiger partial charge in [0.25, 0.3) is 0 Å². The molecule has 2 aromatic carbocycles. The predicted octanol–water partition coefficient (Wildman–Crippen LogP) is 5.45. The molecule has 0 aliphatic carbocycles. The fourth-order valence-electron chi connectivity index (χ4n) is 2.27. The van der Waals surface area contributed by atoms with Crippen LogP contribution in [0.3, 0.4) is 0 Å². The van der Waals surface area contributed by atoms with Crippen LogP contribution in [0.25, 0.3) is 0 Å². The Morgan fingerprint density at radius 1 is 1.00 bits per heavy atom. The van der Waals surface area contributed by atoms with E-state index < -0.39 is 0 Å². The Morgan fingerprint density at radius 3 is 2.38 bits per heavy atom. The van der Waals surface area contributed by atoms with Gasteiger partial charge in [-0.1, -0.05) is 44.0 Å². The van der Waals surface area contributed by atoms with Gasteiger partial charge >= 0.3 is 0 Å². The molecule has 0 saturated heterocycles. The first-order chi connectivity index (χ1) is 10.0. The molecule has 2 rings (SSSR count). The van der Waals surface area contributed by atoms with Crippen molar-refractivity contribution in [1.82, 2.24) is 0 Å². The van der Waals surface area contributed by atoms with Gasteiger partial charge in [-0.25, -0.2) is 0 Å². The van der Waals surface area contributed by atoms with Crippen molar-refractivity contribution in [2.24, 2.45) is 0 Å². The van der Waals surface area contributed by atoms with Gasteiger partial charge in [0.15, 0.2) is 11.5 Å². The van der Waals surface area contributed by atoms with Crippen molar-refractivity contribution >= 4 is 31.9 Å². The summed E-state index contributed by atoms with van der Waals surface area (Å²) in [6, 6.07) is 12.4. The number of alkyl halides is 1. The van der Waals surface area contributed by atoms with Crippen LogP contribution >= 0.6 is 31.9 Å². The normalized spacial score (nSPS) is 12.0. The summed E-state index contributed by atoms with van der Waals surface area (Å²) in [5.41, 5.74) is 3.77. The first-order valence-corrected chi connectivity index (χ1v) is 8.37. The summed E-state index contributed by atoms with van der Waals surface area (Å²) in [7, 11) is 3.31. The smallest absolute Gasteiger partial charge is 0.160 e. The Balaban J connectivity index is 2.23. The maximum Gasteiger partial charge on any atom is 0.160 e. The third-order valence-electron chi connectivity index (χ3n) is 3.44. The van der Waals surface area contributed by atoms with E-state index in [1.807, 2.05) is 12.1 Å². The van der Waals surface area contributed by atoms with Gasteiger partial charge in [-0.3, -0.25) is 0 Å². The van der Waals surface area contributed by atoms with Gasteiger partial charge in [0.2, 0.25) is 0 Å². The molecule has 2 nitrogen and oxygen atoms in total. The monoisotopic (exact) mass is 412 g/mol. The van der Waals surface area contributed by atoms with Gasteiger partial charge in [-0.15, -0.1) is 0 Å². The lowest BCUT2D eigenvalue weighted by atomic mass is 10.0. The average Bonchev–Trinajstić information content (AvgIpc) is 2.49. The molecule has 0 aromatic heterocycles. The Bertz CT molecular complexity index is 626. The van der Waals surface area contributed by atoms with Crippen molar-refractivity contribution in [2.45, 2.75) is 18.2 Å². The zero-order valence-corrected chi connectivity index (χ0v) is 15.5. The Hall–Kier alpha value is -1.00. The quantitative estimate of drug-likeness (QED) is 0.606. The number of hydrogen-bond acceptors (Lipinski definition) is 2. The van der Waals surface area contributed by atoms with Crippen LogP contribution < -0.4 is 9.47 Å². The van der Waals surface area contributed by atoms with Crippen LogP contribution in [0.15, 0.2) is 40.9 Å². The number of rotatable bonds is 5. The van der Waals surface area contributed by atoms with Gasteiger partial charge in [-0.2, -0.15) is 0 Å². The number of ether oxygens (including phenoxy) is 2. The zero-order valence-electron chi connectivity index (χ0n) is 12.3. The van der Waals surface area contributed by atoms with Crippen molar-refractivity contribution in [1.29, 1.82) is 0 Å². The minimum Gasteiger partial charge on any atom is -0.493 e. The van der Waals surface area contributed by atoms with Gasteiger partial charge in [0.05, 0.1) is 14.2 Å². The molecule has 0 heterocycles. The standard InChI is InChI=1S/C17H18Br2O2/c1-11-4-6-13(18)10-14(11)15(19)8-12-5-7-16(20-2)17(9-12)21-3/h4-7,9-10,15H,8H2,1-3H3. The molecule has 0 saturated carbocycles. The van der Waals surface area contributed by atoms with Crippen LogP contribution in [0.1, 0.15) is 21.5 Å². The van der Waals surface area contributed by atoms with Crippen molar-refractivity contribution in [3.63, 3.8) is 0 Å². The van der Waals surface area contributed by atoms with Gasteiger partial charge in [0.1, 0.15) is 0 Å². The molecule has 0 spiro atoms. The minimum atomic E-state index is 0.258. The molecule has 0 N–H and O–H groups in total. The molecule has 1 unspecified atom stereocenters. The van der Waals surface area contributed by atoms with Crippen LogP contribution in [-0.4, -0.2) is 14.2 Å². The van der Waals surface area contributed by atoms with E-state index in [0.29, 0.717) is 0 Å².